The van der Waals surface area contributed by atoms with Crippen LogP contribution in [-0.4, -0.2) is 26.7 Å². The van der Waals surface area contributed by atoms with Crippen LogP contribution in [0.25, 0.3) is 0 Å². The van der Waals surface area contributed by atoms with Crippen LogP contribution in [-0.2, 0) is 6.42 Å². The van der Waals surface area contributed by atoms with Gasteiger partial charge in [0.15, 0.2) is 0 Å². The number of H-pyrrole nitrogens is 1. The molecule has 1 aliphatic carbocycles. The van der Waals surface area contributed by atoms with Crippen LogP contribution >= 0.6 is 0 Å². The third kappa shape index (κ3) is 3.55. The zero-order chi connectivity index (χ0) is 20.0. The van der Waals surface area contributed by atoms with Crippen LogP contribution < -0.4 is 16.4 Å². The van der Waals surface area contributed by atoms with Crippen molar-refractivity contribution < 1.29 is 4.39 Å². The molecule has 7 nitrogen and oxygen atoms in total. The number of fused-ring (bicyclic) bond motifs is 1. The number of nitrogen functional groups attached to an aromatic ring is 1. The molecule has 2 atom stereocenters. The summed E-state index contributed by atoms with van der Waals surface area (Å²) in [4.78, 5) is 9.24. The van der Waals surface area contributed by atoms with Crippen LogP contribution in [0.1, 0.15) is 66.0 Å². The highest BCUT2D eigenvalue weighted by Gasteiger charge is 2.31. The number of anilines is 2. The van der Waals surface area contributed by atoms with E-state index in [0.717, 1.165) is 41.2 Å². The molecule has 3 heterocycles. The molecule has 2 aromatic heterocycles. The number of benzene rings is 1. The van der Waals surface area contributed by atoms with Gasteiger partial charge in [0, 0.05) is 24.4 Å². The van der Waals surface area contributed by atoms with Gasteiger partial charge in [-0.25, -0.2) is 9.37 Å². The Kier molecular flexibility index (Phi) is 4.43. The molecule has 5 rings (SSSR count). The second-order valence-electron chi connectivity index (χ2n) is 7.87. The van der Waals surface area contributed by atoms with Crippen LogP contribution in [0.3, 0.4) is 0 Å². The van der Waals surface area contributed by atoms with E-state index >= 15 is 0 Å². The largest absolute Gasteiger partial charge is 0.383 e. The fourth-order valence-electron chi connectivity index (χ4n) is 3.92. The summed E-state index contributed by atoms with van der Waals surface area (Å²) in [5.41, 5.74) is 11.3. The Morgan fingerprint density at radius 1 is 1.21 bits per heavy atom. The zero-order valence-corrected chi connectivity index (χ0v) is 16.2. The Morgan fingerprint density at radius 3 is 2.76 bits per heavy atom. The van der Waals surface area contributed by atoms with E-state index in [4.69, 9.17) is 10.7 Å². The number of aromatic nitrogens is 4. The Bertz CT molecular complexity index is 1030. The zero-order valence-electron chi connectivity index (χ0n) is 16.2. The molecule has 5 N–H and O–H groups in total. The van der Waals surface area contributed by atoms with E-state index in [1.165, 1.54) is 25.0 Å². The number of rotatable bonds is 5. The fourth-order valence-corrected chi connectivity index (χ4v) is 3.92. The number of hydrogen-bond donors (Lipinski definition) is 4. The van der Waals surface area contributed by atoms with Crippen molar-refractivity contribution in [3.8, 4) is 0 Å². The molecule has 2 aliphatic rings. The minimum Gasteiger partial charge on any atom is -0.383 e. The number of halogens is 1. The lowest BCUT2D eigenvalue weighted by molar-refractivity contribution is 0.546. The molecule has 0 radical (unpaired) electrons. The highest BCUT2D eigenvalue weighted by Crippen LogP contribution is 2.40. The van der Waals surface area contributed by atoms with Gasteiger partial charge in [0.1, 0.15) is 11.6 Å². The van der Waals surface area contributed by atoms with Gasteiger partial charge in [-0.2, -0.15) is 10.1 Å². The van der Waals surface area contributed by atoms with E-state index < -0.39 is 0 Å². The standard InChI is InChI=1S/C21H24FN7/c1-11(12-4-6-14(22)7-5-12)25-21-26-15-8-9-24-19(18(15)20(23)27-21)17-10-16(28-29-17)13-2-3-13/h4-7,10-11,13,19,24H,2-3,8-9H2,1H3,(H,28,29)(H3,23,25,26,27)/t11-,19?/m0/s1. The van der Waals surface area contributed by atoms with Crippen molar-refractivity contribution in [1.29, 1.82) is 0 Å². The molecular formula is C21H24FN7. The molecule has 1 aliphatic heterocycles. The summed E-state index contributed by atoms with van der Waals surface area (Å²) in [6, 6.07) is 8.39. The van der Waals surface area contributed by atoms with E-state index in [2.05, 4.69) is 31.9 Å². The Labute approximate surface area is 168 Å². The lowest BCUT2D eigenvalue weighted by Crippen LogP contribution is -2.33. The lowest BCUT2D eigenvalue weighted by atomic mass is 9.96. The summed E-state index contributed by atoms with van der Waals surface area (Å²) in [7, 11) is 0. The van der Waals surface area contributed by atoms with Crippen molar-refractivity contribution in [1.82, 2.24) is 25.5 Å². The van der Waals surface area contributed by atoms with E-state index in [0.29, 0.717) is 17.7 Å². The molecule has 1 fully saturated rings. The number of aromatic amines is 1. The molecule has 8 heteroatoms. The molecule has 1 saturated carbocycles. The number of nitrogens with zero attached hydrogens (tertiary/aromatic N) is 3. The van der Waals surface area contributed by atoms with Gasteiger partial charge < -0.3 is 16.4 Å². The third-order valence-corrected chi connectivity index (χ3v) is 5.69. The molecule has 0 bridgehead atoms. The average molecular weight is 393 g/mol. The maximum atomic E-state index is 13.2. The van der Waals surface area contributed by atoms with Crippen LogP contribution in [0, 0.1) is 5.82 Å². The van der Waals surface area contributed by atoms with Crippen LogP contribution in [0.15, 0.2) is 30.3 Å². The van der Waals surface area contributed by atoms with Crippen LogP contribution in [0.2, 0.25) is 0 Å². The predicted octanol–water partition coefficient (Wildman–Crippen LogP) is 3.21. The van der Waals surface area contributed by atoms with Gasteiger partial charge in [0.2, 0.25) is 5.95 Å². The molecule has 1 aromatic carbocycles. The van der Waals surface area contributed by atoms with Gasteiger partial charge in [-0.05, 0) is 43.5 Å². The third-order valence-electron chi connectivity index (χ3n) is 5.69. The summed E-state index contributed by atoms with van der Waals surface area (Å²) in [5.74, 6) is 1.29. The molecule has 150 valence electrons. The number of hydrogen-bond acceptors (Lipinski definition) is 6. The van der Waals surface area contributed by atoms with Crippen molar-refractivity contribution in [2.45, 2.75) is 44.2 Å². The Morgan fingerprint density at radius 2 is 2.00 bits per heavy atom. The van der Waals surface area contributed by atoms with Gasteiger partial charge in [0.25, 0.3) is 0 Å². The maximum Gasteiger partial charge on any atom is 0.225 e. The molecule has 29 heavy (non-hydrogen) atoms. The van der Waals surface area contributed by atoms with Crippen molar-refractivity contribution in [3.63, 3.8) is 0 Å². The first kappa shape index (κ1) is 18.1. The summed E-state index contributed by atoms with van der Waals surface area (Å²) < 4.78 is 13.2. The van der Waals surface area contributed by atoms with Gasteiger partial charge in [0.05, 0.1) is 29.2 Å². The van der Waals surface area contributed by atoms with Gasteiger partial charge >= 0.3 is 0 Å². The molecule has 0 saturated heterocycles. The first-order valence-corrected chi connectivity index (χ1v) is 10.1. The van der Waals surface area contributed by atoms with Crippen molar-refractivity contribution >= 4 is 11.8 Å². The quantitative estimate of drug-likeness (QED) is 0.531. The second kappa shape index (κ2) is 7.11. The van der Waals surface area contributed by atoms with Gasteiger partial charge in [-0.15, -0.1) is 0 Å². The highest BCUT2D eigenvalue weighted by atomic mass is 19.1. The fraction of sp³-hybridized carbons (Fsp3) is 0.381. The van der Waals surface area contributed by atoms with Crippen molar-refractivity contribution in [3.05, 3.63) is 64.4 Å². The van der Waals surface area contributed by atoms with E-state index in [1.54, 1.807) is 12.1 Å². The molecule has 0 amide bonds. The molecular weight excluding hydrogens is 369 g/mol. The lowest BCUT2D eigenvalue weighted by Gasteiger charge is -2.27. The summed E-state index contributed by atoms with van der Waals surface area (Å²) in [5, 5.41) is 14.4. The topological polar surface area (TPSA) is 105 Å². The SMILES string of the molecule is C[C@H](Nc1nc(N)c2c(n1)CCNC2c1cc(C2CC2)n[nH]1)c1ccc(F)cc1. The number of nitrogens with one attached hydrogen (secondary N) is 3. The summed E-state index contributed by atoms with van der Waals surface area (Å²) in [6.07, 6.45) is 3.21. The van der Waals surface area contributed by atoms with Gasteiger partial charge in [-0.1, -0.05) is 12.1 Å². The monoisotopic (exact) mass is 393 g/mol. The molecule has 1 unspecified atom stereocenters. The smallest absolute Gasteiger partial charge is 0.225 e. The highest BCUT2D eigenvalue weighted by molar-refractivity contribution is 5.53. The average Bonchev–Trinajstić information content (AvgIpc) is 3.45. The van der Waals surface area contributed by atoms with Crippen molar-refractivity contribution in [2.75, 3.05) is 17.6 Å². The Hall–Kier alpha value is -3.00. The minimum atomic E-state index is -0.252. The maximum absolute atomic E-state index is 13.2. The first-order valence-electron chi connectivity index (χ1n) is 10.1. The summed E-state index contributed by atoms with van der Waals surface area (Å²) >= 11 is 0. The minimum absolute atomic E-state index is 0.0701. The van der Waals surface area contributed by atoms with E-state index in [1.807, 2.05) is 6.92 Å². The van der Waals surface area contributed by atoms with Crippen molar-refractivity contribution in [2.24, 2.45) is 0 Å². The summed E-state index contributed by atoms with van der Waals surface area (Å²) in [6.45, 7) is 2.79. The number of nitrogens with two attached hydrogens (primary N) is 1. The molecule has 3 aromatic rings. The van der Waals surface area contributed by atoms with Crippen LogP contribution in [0.4, 0.5) is 16.2 Å². The van der Waals surface area contributed by atoms with Crippen LogP contribution in [0.5, 0.6) is 0 Å². The first-order chi connectivity index (χ1) is 14.1. The van der Waals surface area contributed by atoms with E-state index in [9.17, 15) is 4.39 Å². The molecule has 0 spiro atoms. The predicted molar refractivity (Wildman–Crippen MR) is 109 cm³/mol. The van der Waals surface area contributed by atoms with E-state index in [-0.39, 0.29) is 17.9 Å². The second-order valence-corrected chi connectivity index (χ2v) is 7.87. The van der Waals surface area contributed by atoms with Gasteiger partial charge in [-0.3, -0.25) is 5.10 Å². The Balaban J connectivity index is 1.41. The normalized spacial score (nSPS) is 19.6.